The van der Waals surface area contributed by atoms with Gasteiger partial charge in [0, 0.05) is 24.8 Å². The standard InChI is InChI=1S/C13H26O4Si/c1-7-13(4,18(15-5)16-6)9-8-10-17-12(14)11(2)3/h18H,2,7-10H2,1,3-6H3. The molecule has 0 spiro atoms. The minimum atomic E-state index is -1.67. The molecule has 0 aromatic heterocycles. The van der Waals surface area contributed by atoms with Crippen LogP contribution in [0.4, 0.5) is 0 Å². The third-order valence-electron chi connectivity index (χ3n) is 3.28. The number of esters is 1. The first-order valence-corrected chi connectivity index (χ1v) is 7.81. The van der Waals surface area contributed by atoms with Gasteiger partial charge in [-0.05, 0) is 26.2 Å². The quantitative estimate of drug-likeness (QED) is 0.280. The first-order chi connectivity index (χ1) is 8.41. The van der Waals surface area contributed by atoms with Crippen molar-refractivity contribution in [3.63, 3.8) is 0 Å². The average molecular weight is 274 g/mol. The summed E-state index contributed by atoms with van der Waals surface area (Å²) in [5.41, 5.74) is 0.439. The molecule has 0 heterocycles. The summed E-state index contributed by atoms with van der Waals surface area (Å²) in [4.78, 5) is 11.2. The Morgan fingerprint density at radius 3 is 2.28 bits per heavy atom. The fourth-order valence-electron chi connectivity index (χ4n) is 1.89. The van der Waals surface area contributed by atoms with E-state index < -0.39 is 9.28 Å². The van der Waals surface area contributed by atoms with Gasteiger partial charge in [-0.2, -0.15) is 0 Å². The first kappa shape index (κ1) is 17.3. The summed E-state index contributed by atoms with van der Waals surface area (Å²) in [5, 5.41) is 0.0686. The lowest BCUT2D eigenvalue weighted by Gasteiger charge is -2.32. The highest BCUT2D eigenvalue weighted by molar-refractivity contribution is 6.48. The SMILES string of the molecule is C=C(C)C(=O)OCCCC(C)(CC)[SiH](OC)OC. The summed E-state index contributed by atoms with van der Waals surface area (Å²) in [7, 11) is 1.74. The van der Waals surface area contributed by atoms with Gasteiger partial charge in [-0.15, -0.1) is 0 Å². The molecule has 0 aromatic carbocycles. The summed E-state index contributed by atoms with van der Waals surface area (Å²) in [5.74, 6) is -0.319. The molecule has 106 valence electrons. The number of ether oxygens (including phenoxy) is 1. The average Bonchev–Trinajstić information content (AvgIpc) is 2.35. The molecule has 0 saturated heterocycles. The van der Waals surface area contributed by atoms with Crippen LogP contribution < -0.4 is 0 Å². The van der Waals surface area contributed by atoms with E-state index in [1.54, 1.807) is 21.1 Å². The topological polar surface area (TPSA) is 44.8 Å². The van der Waals surface area contributed by atoms with E-state index in [9.17, 15) is 4.79 Å². The van der Waals surface area contributed by atoms with Gasteiger partial charge in [0.1, 0.15) is 0 Å². The second-order valence-corrected chi connectivity index (χ2v) is 7.83. The molecule has 0 fully saturated rings. The van der Waals surface area contributed by atoms with Crippen molar-refractivity contribution in [2.45, 2.75) is 45.1 Å². The van der Waals surface area contributed by atoms with Gasteiger partial charge in [0.2, 0.25) is 0 Å². The van der Waals surface area contributed by atoms with E-state index in [1.165, 1.54) is 0 Å². The number of carbonyl (C=O) groups is 1. The number of hydrogen-bond donors (Lipinski definition) is 0. The molecule has 0 radical (unpaired) electrons. The molecule has 0 bridgehead atoms. The monoisotopic (exact) mass is 274 g/mol. The van der Waals surface area contributed by atoms with Crippen molar-refractivity contribution in [2.24, 2.45) is 0 Å². The Morgan fingerprint density at radius 1 is 1.33 bits per heavy atom. The van der Waals surface area contributed by atoms with Crippen LogP contribution in [0.2, 0.25) is 5.04 Å². The van der Waals surface area contributed by atoms with Gasteiger partial charge < -0.3 is 13.6 Å². The van der Waals surface area contributed by atoms with Crippen molar-refractivity contribution in [3.05, 3.63) is 12.2 Å². The van der Waals surface area contributed by atoms with Crippen LogP contribution in [0.3, 0.4) is 0 Å². The van der Waals surface area contributed by atoms with E-state index in [1.807, 2.05) is 0 Å². The van der Waals surface area contributed by atoms with Gasteiger partial charge in [-0.25, -0.2) is 4.79 Å². The van der Waals surface area contributed by atoms with Crippen LogP contribution in [0.25, 0.3) is 0 Å². The third kappa shape index (κ3) is 5.33. The molecular weight excluding hydrogens is 248 g/mol. The van der Waals surface area contributed by atoms with Crippen LogP contribution in [0.5, 0.6) is 0 Å². The zero-order chi connectivity index (χ0) is 14.2. The second kappa shape index (κ2) is 8.45. The van der Waals surface area contributed by atoms with Crippen molar-refractivity contribution >= 4 is 15.3 Å². The van der Waals surface area contributed by atoms with Crippen LogP contribution in [0, 0.1) is 0 Å². The van der Waals surface area contributed by atoms with Gasteiger partial charge in [-0.3, -0.25) is 0 Å². The van der Waals surface area contributed by atoms with Crippen molar-refractivity contribution in [2.75, 3.05) is 20.8 Å². The Bertz CT molecular complexity index is 276. The van der Waals surface area contributed by atoms with Gasteiger partial charge in [0.05, 0.1) is 6.61 Å². The molecule has 0 aliphatic heterocycles. The Morgan fingerprint density at radius 2 is 1.89 bits per heavy atom. The molecule has 4 nitrogen and oxygen atoms in total. The third-order valence-corrected chi connectivity index (χ3v) is 5.97. The van der Waals surface area contributed by atoms with E-state index in [2.05, 4.69) is 20.4 Å². The first-order valence-electron chi connectivity index (χ1n) is 6.29. The van der Waals surface area contributed by atoms with E-state index in [0.29, 0.717) is 12.2 Å². The smallest absolute Gasteiger partial charge is 0.333 e. The zero-order valence-corrected chi connectivity index (χ0v) is 13.4. The van der Waals surface area contributed by atoms with Crippen molar-refractivity contribution in [3.8, 4) is 0 Å². The predicted molar refractivity (Wildman–Crippen MR) is 74.8 cm³/mol. The molecule has 1 unspecified atom stereocenters. The van der Waals surface area contributed by atoms with E-state index >= 15 is 0 Å². The Kier molecular flexibility index (Phi) is 8.14. The van der Waals surface area contributed by atoms with Gasteiger partial charge in [-0.1, -0.05) is 20.4 Å². The van der Waals surface area contributed by atoms with Crippen LogP contribution in [0.15, 0.2) is 12.2 Å². The maximum atomic E-state index is 11.2. The lowest BCUT2D eigenvalue weighted by molar-refractivity contribution is -0.139. The van der Waals surface area contributed by atoms with E-state index in [-0.39, 0.29) is 11.0 Å². The van der Waals surface area contributed by atoms with Crippen molar-refractivity contribution in [1.29, 1.82) is 0 Å². The van der Waals surface area contributed by atoms with Crippen LogP contribution in [-0.4, -0.2) is 36.1 Å². The molecule has 0 amide bonds. The lowest BCUT2D eigenvalue weighted by Crippen LogP contribution is -2.34. The molecule has 0 aliphatic carbocycles. The van der Waals surface area contributed by atoms with Crippen LogP contribution >= 0.6 is 0 Å². The molecule has 0 rings (SSSR count). The highest BCUT2D eigenvalue weighted by Gasteiger charge is 2.35. The molecule has 0 aliphatic rings. The minimum Gasteiger partial charge on any atom is -0.462 e. The maximum Gasteiger partial charge on any atom is 0.333 e. The summed E-state index contributed by atoms with van der Waals surface area (Å²) < 4.78 is 16.0. The van der Waals surface area contributed by atoms with Gasteiger partial charge >= 0.3 is 15.3 Å². The lowest BCUT2D eigenvalue weighted by atomic mass is 10.0. The molecule has 0 N–H and O–H groups in total. The maximum absolute atomic E-state index is 11.2. The fourth-order valence-corrected chi connectivity index (χ4v) is 3.99. The molecule has 1 atom stereocenters. The van der Waals surface area contributed by atoms with Crippen molar-refractivity contribution < 1.29 is 18.4 Å². The fraction of sp³-hybridized carbons (Fsp3) is 0.769. The molecule has 0 aromatic rings. The van der Waals surface area contributed by atoms with Crippen LogP contribution in [0.1, 0.15) is 40.0 Å². The number of carbonyl (C=O) groups excluding carboxylic acids is 1. The Hall–Kier alpha value is -0.653. The highest BCUT2D eigenvalue weighted by atomic mass is 28.3. The molecular formula is C13H26O4Si. The normalized spacial score (nSPS) is 14.3. The number of hydrogen-bond acceptors (Lipinski definition) is 4. The van der Waals surface area contributed by atoms with E-state index in [4.69, 9.17) is 13.6 Å². The number of rotatable bonds is 9. The minimum absolute atomic E-state index is 0.0686. The molecule has 5 heteroatoms. The Balaban J connectivity index is 4.15. The predicted octanol–water partition coefficient (Wildman–Crippen LogP) is 2.57. The van der Waals surface area contributed by atoms with Crippen molar-refractivity contribution in [1.82, 2.24) is 0 Å². The second-order valence-electron chi connectivity index (χ2n) is 4.83. The largest absolute Gasteiger partial charge is 0.462 e. The summed E-state index contributed by atoms with van der Waals surface area (Å²) in [6.45, 7) is 9.94. The van der Waals surface area contributed by atoms with Gasteiger partial charge in [0.15, 0.2) is 0 Å². The van der Waals surface area contributed by atoms with Gasteiger partial charge in [0.25, 0.3) is 0 Å². The van der Waals surface area contributed by atoms with Crippen LogP contribution in [-0.2, 0) is 18.4 Å². The summed E-state index contributed by atoms with van der Waals surface area (Å²) in [6.07, 6.45) is 2.76. The summed E-state index contributed by atoms with van der Waals surface area (Å²) in [6, 6.07) is 0. The van der Waals surface area contributed by atoms with E-state index in [0.717, 1.165) is 19.3 Å². The summed E-state index contributed by atoms with van der Waals surface area (Å²) >= 11 is 0. The Labute approximate surface area is 112 Å². The molecule has 0 saturated carbocycles. The molecule has 18 heavy (non-hydrogen) atoms. The highest BCUT2D eigenvalue weighted by Crippen LogP contribution is 2.39. The zero-order valence-electron chi connectivity index (χ0n) is 12.2.